The minimum atomic E-state index is -4.13. The van der Waals surface area contributed by atoms with Crippen molar-refractivity contribution in [3.05, 3.63) is 94.0 Å². The molecule has 1 amide bonds. The van der Waals surface area contributed by atoms with Crippen LogP contribution < -0.4 is 9.73 Å². The molecule has 3 aromatic rings. The van der Waals surface area contributed by atoms with Gasteiger partial charge in [0.1, 0.15) is 6.54 Å². The van der Waals surface area contributed by atoms with E-state index in [0.29, 0.717) is 16.1 Å². The summed E-state index contributed by atoms with van der Waals surface area (Å²) in [6.45, 7) is -0.586. The number of hydrogen-bond donors (Lipinski definition) is 1. The standard InChI is InChI=1S/C23H19Cl2N3O5S/c1-33-23(30)17-9-7-16(8-10-17)14-26-27-22(29)15-28(21-12-11-18(24)13-20(21)25)34(31,32)19-5-3-2-4-6-19/h2-14H,15H2,1H3,(H,27,29)/b26-14-. The number of anilines is 1. The van der Waals surface area contributed by atoms with E-state index in [1.807, 2.05) is 0 Å². The Bertz CT molecular complexity index is 1310. The number of halogens is 2. The van der Waals surface area contributed by atoms with Crippen molar-refractivity contribution >= 4 is 57.0 Å². The van der Waals surface area contributed by atoms with Crippen molar-refractivity contribution in [3.8, 4) is 0 Å². The molecule has 0 radical (unpaired) electrons. The summed E-state index contributed by atoms with van der Waals surface area (Å²) in [6, 6.07) is 18.3. The number of benzene rings is 3. The van der Waals surface area contributed by atoms with Crippen molar-refractivity contribution in [2.45, 2.75) is 4.90 Å². The molecule has 11 heteroatoms. The van der Waals surface area contributed by atoms with Crippen LogP contribution in [0.3, 0.4) is 0 Å². The van der Waals surface area contributed by atoms with Gasteiger partial charge in [-0.3, -0.25) is 9.10 Å². The van der Waals surface area contributed by atoms with Crippen molar-refractivity contribution < 1.29 is 22.7 Å². The number of ether oxygens (including phenoxy) is 1. The Balaban J connectivity index is 1.80. The number of nitrogens with one attached hydrogen (secondary N) is 1. The normalized spacial score (nSPS) is 11.3. The first kappa shape index (κ1) is 25.2. The Morgan fingerprint density at radius 2 is 1.71 bits per heavy atom. The van der Waals surface area contributed by atoms with Crippen LogP contribution in [0.15, 0.2) is 82.8 Å². The smallest absolute Gasteiger partial charge is 0.337 e. The first-order valence-electron chi connectivity index (χ1n) is 9.75. The van der Waals surface area contributed by atoms with Crippen molar-refractivity contribution in [1.82, 2.24) is 5.43 Å². The molecule has 0 spiro atoms. The van der Waals surface area contributed by atoms with Gasteiger partial charge in [0.15, 0.2) is 0 Å². The predicted molar refractivity (Wildman–Crippen MR) is 131 cm³/mol. The summed E-state index contributed by atoms with van der Waals surface area (Å²) in [4.78, 5) is 24.1. The topological polar surface area (TPSA) is 105 Å². The Labute approximate surface area is 206 Å². The molecule has 0 unspecified atom stereocenters. The Morgan fingerprint density at radius 3 is 2.32 bits per heavy atom. The number of carbonyl (C=O) groups excluding carboxylic acids is 2. The Morgan fingerprint density at radius 1 is 1.03 bits per heavy atom. The molecule has 0 fully saturated rings. The lowest BCUT2D eigenvalue weighted by Crippen LogP contribution is -2.39. The quantitative estimate of drug-likeness (QED) is 0.273. The van der Waals surface area contributed by atoms with Crippen LogP contribution >= 0.6 is 23.2 Å². The summed E-state index contributed by atoms with van der Waals surface area (Å²) < 4.78 is 32.1. The average Bonchev–Trinajstić information content (AvgIpc) is 2.83. The van der Waals surface area contributed by atoms with Gasteiger partial charge in [-0.05, 0) is 48.0 Å². The summed E-state index contributed by atoms with van der Waals surface area (Å²) in [6.07, 6.45) is 1.35. The van der Waals surface area contributed by atoms with E-state index in [1.165, 1.54) is 43.7 Å². The molecule has 34 heavy (non-hydrogen) atoms. The monoisotopic (exact) mass is 519 g/mol. The highest BCUT2D eigenvalue weighted by Gasteiger charge is 2.28. The maximum absolute atomic E-state index is 13.3. The predicted octanol–water partition coefficient (Wildman–Crippen LogP) is 4.13. The highest BCUT2D eigenvalue weighted by Crippen LogP contribution is 2.32. The molecule has 0 saturated heterocycles. The second-order valence-electron chi connectivity index (χ2n) is 6.83. The summed E-state index contributed by atoms with van der Waals surface area (Å²) in [5, 5.41) is 4.24. The van der Waals surface area contributed by atoms with Crippen LogP contribution in [0.25, 0.3) is 0 Å². The molecule has 0 aliphatic carbocycles. The third-order valence-electron chi connectivity index (χ3n) is 4.53. The maximum atomic E-state index is 13.3. The van der Waals surface area contributed by atoms with Crippen LogP contribution in [0.4, 0.5) is 5.69 Å². The van der Waals surface area contributed by atoms with E-state index in [1.54, 1.807) is 42.5 Å². The molecule has 8 nitrogen and oxygen atoms in total. The average molecular weight is 520 g/mol. The Hall–Kier alpha value is -3.40. The van der Waals surface area contributed by atoms with Crippen molar-refractivity contribution in [2.75, 3.05) is 18.0 Å². The zero-order chi connectivity index (χ0) is 24.7. The lowest BCUT2D eigenvalue weighted by atomic mass is 10.1. The number of amides is 1. The summed E-state index contributed by atoms with van der Waals surface area (Å²) >= 11 is 12.2. The second-order valence-corrected chi connectivity index (χ2v) is 9.53. The van der Waals surface area contributed by atoms with Crippen molar-refractivity contribution in [2.24, 2.45) is 5.10 Å². The molecule has 176 valence electrons. The van der Waals surface area contributed by atoms with Gasteiger partial charge in [0, 0.05) is 5.02 Å². The zero-order valence-corrected chi connectivity index (χ0v) is 20.1. The second kappa shape index (κ2) is 11.1. The number of nitrogens with zero attached hydrogens (tertiary/aromatic N) is 2. The minimum Gasteiger partial charge on any atom is -0.465 e. The van der Waals surface area contributed by atoms with E-state index in [2.05, 4.69) is 15.3 Å². The van der Waals surface area contributed by atoms with Gasteiger partial charge in [-0.2, -0.15) is 5.10 Å². The molecule has 0 aliphatic rings. The molecule has 3 aromatic carbocycles. The maximum Gasteiger partial charge on any atom is 0.337 e. The largest absolute Gasteiger partial charge is 0.465 e. The molecule has 0 bridgehead atoms. The fraction of sp³-hybridized carbons (Fsp3) is 0.0870. The number of hydrazone groups is 1. The van der Waals surface area contributed by atoms with E-state index in [-0.39, 0.29) is 15.6 Å². The van der Waals surface area contributed by atoms with Gasteiger partial charge in [0.05, 0.1) is 34.5 Å². The van der Waals surface area contributed by atoms with Crippen molar-refractivity contribution in [1.29, 1.82) is 0 Å². The lowest BCUT2D eigenvalue weighted by molar-refractivity contribution is -0.119. The lowest BCUT2D eigenvalue weighted by Gasteiger charge is -2.24. The third kappa shape index (κ3) is 6.13. The Kier molecular flexibility index (Phi) is 8.27. The molecule has 0 aliphatic heterocycles. The van der Waals surface area contributed by atoms with Crippen LogP contribution in [0.1, 0.15) is 15.9 Å². The first-order valence-corrected chi connectivity index (χ1v) is 11.9. The number of methoxy groups -OCH3 is 1. The van der Waals surface area contributed by atoms with E-state index < -0.39 is 28.4 Å². The van der Waals surface area contributed by atoms with Crippen LogP contribution in [0, 0.1) is 0 Å². The molecular weight excluding hydrogens is 501 g/mol. The molecule has 0 heterocycles. The molecular formula is C23H19Cl2N3O5S. The van der Waals surface area contributed by atoms with Gasteiger partial charge in [0.2, 0.25) is 0 Å². The highest BCUT2D eigenvalue weighted by atomic mass is 35.5. The van der Waals surface area contributed by atoms with E-state index in [4.69, 9.17) is 23.2 Å². The minimum absolute atomic E-state index is 0.0111. The summed E-state index contributed by atoms with van der Waals surface area (Å²) in [5.41, 5.74) is 3.35. The number of carbonyl (C=O) groups is 2. The SMILES string of the molecule is COC(=O)c1ccc(/C=N\NC(=O)CN(c2ccc(Cl)cc2Cl)S(=O)(=O)c2ccccc2)cc1. The molecule has 3 rings (SSSR count). The number of sulfonamides is 1. The van der Waals surface area contributed by atoms with Crippen LogP contribution in [0.5, 0.6) is 0 Å². The van der Waals surface area contributed by atoms with E-state index in [0.717, 1.165) is 4.31 Å². The van der Waals surface area contributed by atoms with Gasteiger partial charge in [-0.15, -0.1) is 0 Å². The van der Waals surface area contributed by atoms with Crippen LogP contribution in [-0.4, -0.2) is 40.2 Å². The number of rotatable bonds is 8. The number of esters is 1. The molecule has 1 N–H and O–H groups in total. The van der Waals surface area contributed by atoms with Crippen LogP contribution in [0.2, 0.25) is 10.0 Å². The van der Waals surface area contributed by atoms with Gasteiger partial charge < -0.3 is 4.74 Å². The van der Waals surface area contributed by atoms with Crippen molar-refractivity contribution in [3.63, 3.8) is 0 Å². The van der Waals surface area contributed by atoms with Crippen LogP contribution in [-0.2, 0) is 19.6 Å². The fourth-order valence-electron chi connectivity index (χ4n) is 2.87. The summed E-state index contributed by atoms with van der Waals surface area (Å²) in [5.74, 6) is -1.18. The summed E-state index contributed by atoms with van der Waals surface area (Å²) in [7, 11) is -2.84. The number of hydrogen-bond acceptors (Lipinski definition) is 6. The van der Waals surface area contributed by atoms with E-state index >= 15 is 0 Å². The molecule has 0 aromatic heterocycles. The van der Waals surface area contributed by atoms with Gasteiger partial charge >= 0.3 is 5.97 Å². The highest BCUT2D eigenvalue weighted by molar-refractivity contribution is 7.92. The zero-order valence-electron chi connectivity index (χ0n) is 17.8. The third-order valence-corrected chi connectivity index (χ3v) is 6.84. The first-order chi connectivity index (χ1) is 16.2. The van der Waals surface area contributed by atoms with E-state index in [9.17, 15) is 18.0 Å². The van der Waals surface area contributed by atoms with Gasteiger partial charge in [-0.25, -0.2) is 18.6 Å². The molecule has 0 atom stereocenters. The van der Waals surface area contributed by atoms with Gasteiger partial charge in [-0.1, -0.05) is 53.5 Å². The molecule has 0 saturated carbocycles. The van der Waals surface area contributed by atoms with Gasteiger partial charge in [0.25, 0.3) is 15.9 Å². The fourth-order valence-corrected chi connectivity index (χ4v) is 4.89.